The van der Waals surface area contributed by atoms with Gasteiger partial charge in [-0.15, -0.1) is 0 Å². The molecule has 0 heterocycles. The molecular weight excluding hydrogens is 270 g/mol. The van der Waals surface area contributed by atoms with E-state index in [1.54, 1.807) is 0 Å². The standard InChI is InChI=1S/C20H23NO/c1-3-21(4-2)14-19(22)20-17-11-7-5-9-15(17)13-16-10-6-8-12-18(16)20/h5-13,19,22H,3-4,14H2,1-2H3/t19-/m0/s1. The van der Waals surface area contributed by atoms with Crippen molar-refractivity contribution in [3.8, 4) is 0 Å². The van der Waals surface area contributed by atoms with Crippen molar-refractivity contribution in [2.75, 3.05) is 19.6 Å². The summed E-state index contributed by atoms with van der Waals surface area (Å²) >= 11 is 0. The Balaban J connectivity index is 2.19. The molecule has 1 atom stereocenters. The van der Waals surface area contributed by atoms with E-state index < -0.39 is 6.10 Å². The van der Waals surface area contributed by atoms with E-state index in [-0.39, 0.29) is 0 Å². The van der Waals surface area contributed by atoms with Gasteiger partial charge in [0, 0.05) is 6.54 Å². The number of hydrogen-bond donors (Lipinski definition) is 1. The molecule has 0 aliphatic carbocycles. The fraction of sp³-hybridized carbons (Fsp3) is 0.300. The summed E-state index contributed by atoms with van der Waals surface area (Å²) in [6.45, 7) is 6.85. The van der Waals surface area contributed by atoms with Crippen LogP contribution in [-0.4, -0.2) is 29.6 Å². The van der Waals surface area contributed by atoms with Crippen LogP contribution in [-0.2, 0) is 0 Å². The number of rotatable bonds is 5. The summed E-state index contributed by atoms with van der Waals surface area (Å²) in [5.74, 6) is 0. The molecule has 3 aromatic carbocycles. The van der Waals surface area contributed by atoms with Crippen molar-refractivity contribution in [3.63, 3.8) is 0 Å². The summed E-state index contributed by atoms with van der Waals surface area (Å²) in [5, 5.41) is 15.6. The Hall–Kier alpha value is -1.90. The van der Waals surface area contributed by atoms with Gasteiger partial charge in [-0.2, -0.15) is 0 Å². The lowest BCUT2D eigenvalue weighted by Gasteiger charge is -2.24. The summed E-state index contributed by atoms with van der Waals surface area (Å²) in [7, 11) is 0. The summed E-state index contributed by atoms with van der Waals surface area (Å²) < 4.78 is 0. The number of aliphatic hydroxyl groups excluding tert-OH is 1. The molecule has 22 heavy (non-hydrogen) atoms. The zero-order chi connectivity index (χ0) is 15.5. The number of nitrogens with zero attached hydrogens (tertiary/aromatic N) is 1. The summed E-state index contributed by atoms with van der Waals surface area (Å²) in [4.78, 5) is 2.27. The average molecular weight is 293 g/mol. The third-order valence-electron chi connectivity index (χ3n) is 4.47. The van der Waals surface area contributed by atoms with Crippen molar-refractivity contribution >= 4 is 21.5 Å². The van der Waals surface area contributed by atoms with Gasteiger partial charge in [0.15, 0.2) is 0 Å². The topological polar surface area (TPSA) is 23.5 Å². The van der Waals surface area contributed by atoms with Gasteiger partial charge in [0.05, 0.1) is 6.10 Å². The molecule has 0 aliphatic rings. The Morgan fingerprint density at radius 1 is 0.864 bits per heavy atom. The van der Waals surface area contributed by atoms with E-state index in [4.69, 9.17) is 0 Å². The highest BCUT2D eigenvalue weighted by Gasteiger charge is 2.17. The van der Waals surface area contributed by atoms with Crippen LogP contribution in [0.25, 0.3) is 21.5 Å². The molecule has 0 saturated carbocycles. The maximum atomic E-state index is 10.9. The van der Waals surface area contributed by atoms with E-state index in [0.717, 1.165) is 29.4 Å². The number of hydrogen-bond acceptors (Lipinski definition) is 2. The molecule has 0 aliphatic heterocycles. The van der Waals surface area contributed by atoms with Gasteiger partial charge in [-0.1, -0.05) is 62.4 Å². The Kier molecular flexibility index (Phi) is 4.41. The zero-order valence-electron chi connectivity index (χ0n) is 13.3. The predicted octanol–water partition coefficient (Wildman–Crippen LogP) is 4.37. The molecule has 0 unspecified atom stereocenters. The van der Waals surface area contributed by atoms with Gasteiger partial charge in [-0.25, -0.2) is 0 Å². The zero-order valence-corrected chi connectivity index (χ0v) is 13.3. The van der Waals surface area contributed by atoms with Gasteiger partial charge in [-0.3, -0.25) is 0 Å². The highest BCUT2D eigenvalue weighted by atomic mass is 16.3. The second kappa shape index (κ2) is 6.47. The maximum absolute atomic E-state index is 10.9. The maximum Gasteiger partial charge on any atom is 0.0928 e. The lowest BCUT2D eigenvalue weighted by atomic mass is 9.93. The van der Waals surface area contributed by atoms with Gasteiger partial charge in [0.25, 0.3) is 0 Å². The van der Waals surface area contributed by atoms with Crippen molar-refractivity contribution in [2.24, 2.45) is 0 Å². The van der Waals surface area contributed by atoms with Crippen LogP contribution >= 0.6 is 0 Å². The molecule has 0 radical (unpaired) electrons. The van der Waals surface area contributed by atoms with Gasteiger partial charge in [0.2, 0.25) is 0 Å². The lowest BCUT2D eigenvalue weighted by molar-refractivity contribution is 0.121. The van der Waals surface area contributed by atoms with Crippen LogP contribution in [0.3, 0.4) is 0 Å². The molecule has 0 aromatic heterocycles. The number of benzene rings is 3. The van der Waals surface area contributed by atoms with E-state index >= 15 is 0 Å². The second-order valence-electron chi connectivity index (χ2n) is 5.73. The minimum atomic E-state index is -0.476. The van der Waals surface area contributed by atoms with E-state index in [9.17, 15) is 5.11 Å². The molecule has 3 aromatic rings. The van der Waals surface area contributed by atoms with Gasteiger partial charge in [-0.05, 0) is 46.3 Å². The van der Waals surface area contributed by atoms with Gasteiger partial charge < -0.3 is 10.0 Å². The molecule has 1 N–H and O–H groups in total. The Bertz CT molecular complexity index is 723. The van der Waals surface area contributed by atoms with Crippen molar-refractivity contribution in [1.82, 2.24) is 4.90 Å². The second-order valence-corrected chi connectivity index (χ2v) is 5.73. The Morgan fingerprint density at radius 3 is 1.86 bits per heavy atom. The molecule has 0 bridgehead atoms. The molecular formula is C20H23NO. The molecule has 0 spiro atoms. The normalized spacial score (nSPS) is 13.1. The third-order valence-corrected chi connectivity index (χ3v) is 4.47. The first kappa shape index (κ1) is 15.0. The van der Waals surface area contributed by atoms with Crippen LogP contribution < -0.4 is 0 Å². The lowest BCUT2D eigenvalue weighted by Crippen LogP contribution is -2.28. The monoisotopic (exact) mass is 293 g/mol. The summed E-state index contributed by atoms with van der Waals surface area (Å²) in [6.07, 6.45) is -0.476. The predicted molar refractivity (Wildman–Crippen MR) is 94.2 cm³/mol. The van der Waals surface area contributed by atoms with Crippen LogP contribution in [0.1, 0.15) is 25.5 Å². The van der Waals surface area contributed by atoms with E-state index in [0.29, 0.717) is 6.54 Å². The van der Waals surface area contributed by atoms with E-state index in [2.05, 4.69) is 61.2 Å². The van der Waals surface area contributed by atoms with Crippen LogP contribution in [0, 0.1) is 0 Å². The summed E-state index contributed by atoms with van der Waals surface area (Å²) in [6, 6.07) is 18.9. The Labute approximate surface area is 132 Å². The Morgan fingerprint density at radius 2 is 1.36 bits per heavy atom. The minimum Gasteiger partial charge on any atom is -0.387 e. The fourth-order valence-electron chi connectivity index (χ4n) is 3.23. The van der Waals surface area contributed by atoms with Crippen LogP contribution in [0.4, 0.5) is 0 Å². The first-order valence-electron chi connectivity index (χ1n) is 8.05. The molecule has 0 saturated heterocycles. The number of likely N-dealkylation sites (N-methyl/N-ethyl adjacent to an activating group) is 1. The van der Waals surface area contributed by atoms with Crippen molar-refractivity contribution < 1.29 is 5.11 Å². The smallest absolute Gasteiger partial charge is 0.0928 e. The number of aliphatic hydroxyl groups is 1. The highest BCUT2D eigenvalue weighted by molar-refractivity contribution is 6.02. The van der Waals surface area contributed by atoms with Crippen molar-refractivity contribution in [1.29, 1.82) is 0 Å². The first-order chi connectivity index (χ1) is 10.7. The van der Waals surface area contributed by atoms with E-state index in [1.807, 2.05) is 12.1 Å². The summed E-state index contributed by atoms with van der Waals surface area (Å²) in [5.41, 5.74) is 1.06. The van der Waals surface area contributed by atoms with Crippen LogP contribution in [0.5, 0.6) is 0 Å². The minimum absolute atomic E-state index is 0.476. The third kappa shape index (κ3) is 2.72. The number of fused-ring (bicyclic) bond motifs is 2. The van der Waals surface area contributed by atoms with Crippen LogP contribution in [0.2, 0.25) is 0 Å². The van der Waals surface area contributed by atoms with Gasteiger partial charge >= 0.3 is 0 Å². The quantitative estimate of drug-likeness (QED) is 0.706. The van der Waals surface area contributed by atoms with Crippen LogP contribution in [0.15, 0.2) is 54.6 Å². The fourth-order valence-corrected chi connectivity index (χ4v) is 3.23. The van der Waals surface area contributed by atoms with E-state index in [1.165, 1.54) is 10.8 Å². The molecule has 0 fully saturated rings. The first-order valence-corrected chi connectivity index (χ1v) is 8.05. The van der Waals surface area contributed by atoms with Crippen molar-refractivity contribution in [3.05, 3.63) is 60.2 Å². The SMILES string of the molecule is CCN(CC)C[C@H](O)c1c2ccccc2cc2ccccc12. The molecule has 0 amide bonds. The largest absolute Gasteiger partial charge is 0.387 e. The van der Waals surface area contributed by atoms with Crippen molar-refractivity contribution in [2.45, 2.75) is 20.0 Å². The molecule has 3 rings (SSSR count). The molecule has 114 valence electrons. The molecule has 2 heteroatoms. The highest BCUT2D eigenvalue weighted by Crippen LogP contribution is 2.33. The molecule has 2 nitrogen and oxygen atoms in total. The van der Waals surface area contributed by atoms with Gasteiger partial charge in [0.1, 0.15) is 0 Å². The average Bonchev–Trinajstić information content (AvgIpc) is 2.57.